The number of rotatable bonds is 5. The molecule has 0 aliphatic carbocycles. The predicted molar refractivity (Wildman–Crippen MR) is 65.7 cm³/mol. The summed E-state index contributed by atoms with van der Waals surface area (Å²) in [5, 5.41) is 3.25. The molecule has 3 heteroatoms. The predicted octanol–water partition coefficient (Wildman–Crippen LogP) is 3.07. The maximum atomic E-state index is 11.4. The van der Waals surface area contributed by atoms with Crippen LogP contribution in [-0.2, 0) is 4.79 Å². The van der Waals surface area contributed by atoms with E-state index < -0.39 is 0 Å². The molecule has 0 fully saturated rings. The molecule has 1 aromatic carbocycles. The lowest BCUT2D eigenvalue weighted by Gasteiger charge is -2.09. The van der Waals surface area contributed by atoms with Gasteiger partial charge in [-0.2, -0.15) is 0 Å². The molecule has 0 unspecified atom stereocenters. The molecular weight excluding hydrogens is 202 g/mol. The van der Waals surface area contributed by atoms with Crippen LogP contribution in [-0.4, -0.2) is 12.5 Å². The number of ether oxygens (including phenoxy) is 1. The molecular formula is C13H19NO2. The van der Waals surface area contributed by atoms with Crippen LogP contribution in [0.3, 0.4) is 0 Å². The summed E-state index contributed by atoms with van der Waals surface area (Å²) >= 11 is 0. The fraction of sp³-hybridized carbons (Fsp3) is 0.462. The highest BCUT2D eigenvalue weighted by Gasteiger charge is 2.09. The summed E-state index contributed by atoms with van der Waals surface area (Å²) in [7, 11) is 0. The number of carbonyl (C=O) groups is 1. The van der Waals surface area contributed by atoms with Gasteiger partial charge in [0.05, 0.1) is 5.92 Å². The van der Waals surface area contributed by atoms with E-state index in [1.807, 2.05) is 32.0 Å². The molecule has 0 aromatic heterocycles. The van der Waals surface area contributed by atoms with E-state index in [0.29, 0.717) is 5.75 Å². The third-order valence-electron chi connectivity index (χ3n) is 2.10. The van der Waals surface area contributed by atoms with Crippen LogP contribution in [0.15, 0.2) is 24.3 Å². The van der Waals surface area contributed by atoms with Gasteiger partial charge in [0.25, 0.3) is 0 Å². The van der Waals surface area contributed by atoms with Gasteiger partial charge in [0, 0.05) is 18.3 Å². The monoisotopic (exact) mass is 221 g/mol. The molecule has 0 saturated carbocycles. The van der Waals surface area contributed by atoms with Crippen molar-refractivity contribution in [2.75, 3.05) is 11.9 Å². The fourth-order valence-electron chi connectivity index (χ4n) is 1.17. The maximum absolute atomic E-state index is 11.4. The summed E-state index contributed by atoms with van der Waals surface area (Å²) in [6.45, 7) is 6.67. The van der Waals surface area contributed by atoms with Gasteiger partial charge < -0.3 is 10.1 Å². The minimum Gasteiger partial charge on any atom is -0.426 e. The first-order valence-corrected chi connectivity index (χ1v) is 5.69. The van der Waals surface area contributed by atoms with Crippen molar-refractivity contribution in [1.82, 2.24) is 0 Å². The molecule has 0 aliphatic heterocycles. The molecule has 0 bridgehead atoms. The molecule has 1 aromatic rings. The van der Waals surface area contributed by atoms with Gasteiger partial charge in [-0.25, -0.2) is 0 Å². The van der Waals surface area contributed by atoms with Crippen molar-refractivity contribution in [1.29, 1.82) is 0 Å². The standard InChI is InChI=1S/C13H19NO2/c1-4-8-14-11-6-5-7-12(9-11)16-13(15)10(2)3/h5-7,9-10,14H,4,8H2,1-3H3. The number of anilines is 1. The average Bonchev–Trinajstić information content (AvgIpc) is 2.26. The summed E-state index contributed by atoms with van der Waals surface area (Å²) < 4.78 is 5.22. The number of carbonyl (C=O) groups excluding carboxylic acids is 1. The van der Waals surface area contributed by atoms with E-state index in [1.54, 1.807) is 6.07 Å². The third kappa shape index (κ3) is 3.93. The minimum absolute atomic E-state index is 0.104. The van der Waals surface area contributed by atoms with Gasteiger partial charge in [-0.15, -0.1) is 0 Å². The highest BCUT2D eigenvalue weighted by molar-refractivity contribution is 5.74. The highest BCUT2D eigenvalue weighted by atomic mass is 16.5. The Hall–Kier alpha value is -1.51. The molecule has 88 valence electrons. The number of benzene rings is 1. The highest BCUT2D eigenvalue weighted by Crippen LogP contribution is 2.18. The second kappa shape index (κ2) is 6.16. The lowest BCUT2D eigenvalue weighted by molar-refractivity contribution is -0.137. The summed E-state index contributed by atoms with van der Waals surface area (Å²) in [5.41, 5.74) is 0.982. The van der Waals surface area contributed by atoms with Crippen LogP contribution < -0.4 is 10.1 Å². The van der Waals surface area contributed by atoms with E-state index >= 15 is 0 Å². The van der Waals surface area contributed by atoms with E-state index in [2.05, 4.69) is 12.2 Å². The van der Waals surface area contributed by atoms with Crippen molar-refractivity contribution in [2.45, 2.75) is 27.2 Å². The molecule has 0 aliphatic rings. The Balaban J connectivity index is 2.63. The molecule has 3 nitrogen and oxygen atoms in total. The van der Waals surface area contributed by atoms with E-state index in [9.17, 15) is 4.79 Å². The van der Waals surface area contributed by atoms with Crippen LogP contribution in [0.4, 0.5) is 5.69 Å². The van der Waals surface area contributed by atoms with Crippen molar-refractivity contribution in [3.8, 4) is 5.75 Å². The molecule has 1 N–H and O–H groups in total. The smallest absolute Gasteiger partial charge is 0.313 e. The van der Waals surface area contributed by atoms with Crippen LogP contribution >= 0.6 is 0 Å². The van der Waals surface area contributed by atoms with Crippen LogP contribution in [0.1, 0.15) is 27.2 Å². The Kier molecular flexibility index (Phi) is 4.83. The van der Waals surface area contributed by atoms with E-state index in [-0.39, 0.29) is 11.9 Å². The van der Waals surface area contributed by atoms with Crippen molar-refractivity contribution >= 4 is 11.7 Å². The quantitative estimate of drug-likeness (QED) is 0.613. The summed E-state index contributed by atoms with van der Waals surface area (Å²) in [4.78, 5) is 11.4. The van der Waals surface area contributed by atoms with Gasteiger partial charge in [0.1, 0.15) is 5.75 Å². The van der Waals surface area contributed by atoms with Crippen molar-refractivity contribution in [2.24, 2.45) is 5.92 Å². The van der Waals surface area contributed by atoms with Crippen LogP contribution in [0.25, 0.3) is 0 Å². The zero-order valence-electron chi connectivity index (χ0n) is 10.1. The van der Waals surface area contributed by atoms with Crippen LogP contribution in [0, 0.1) is 5.92 Å². The molecule has 1 rings (SSSR count). The summed E-state index contributed by atoms with van der Waals surface area (Å²) in [6, 6.07) is 7.47. The normalized spacial score (nSPS) is 10.2. The maximum Gasteiger partial charge on any atom is 0.313 e. The summed E-state index contributed by atoms with van der Waals surface area (Å²) in [6.07, 6.45) is 1.07. The van der Waals surface area contributed by atoms with Gasteiger partial charge in [0.2, 0.25) is 0 Å². The zero-order valence-corrected chi connectivity index (χ0v) is 10.1. The van der Waals surface area contributed by atoms with Crippen LogP contribution in [0.2, 0.25) is 0 Å². The third-order valence-corrected chi connectivity index (χ3v) is 2.10. The number of hydrogen-bond acceptors (Lipinski definition) is 3. The fourth-order valence-corrected chi connectivity index (χ4v) is 1.17. The first-order valence-electron chi connectivity index (χ1n) is 5.69. The Morgan fingerprint density at radius 1 is 1.44 bits per heavy atom. The molecule has 0 radical (unpaired) electrons. The molecule has 0 spiro atoms. The molecule has 0 atom stereocenters. The number of esters is 1. The van der Waals surface area contributed by atoms with Gasteiger partial charge >= 0.3 is 5.97 Å². The largest absolute Gasteiger partial charge is 0.426 e. The van der Waals surface area contributed by atoms with Crippen molar-refractivity contribution in [3.05, 3.63) is 24.3 Å². The Bertz CT molecular complexity index is 348. The minimum atomic E-state index is -0.201. The number of nitrogens with one attached hydrogen (secondary N) is 1. The lowest BCUT2D eigenvalue weighted by Crippen LogP contribution is -2.14. The van der Waals surface area contributed by atoms with E-state index in [1.165, 1.54) is 0 Å². The summed E-state index contributed by atoms with van der Waals surface area (Å²) in [5.74, 6) is 0.291. The van der Waals surface area contributed by atoms with E-state index in [4.69, 9.17) is 4.74 Å². The SMILES string of the molecule is CCCNc1cccc(OC(=O)C(C)C)c1. The molecule has 0 heterocycles. The van der Waals surface area contributed by atoms with Gasteiger partial charge in [-0.05, 0) is 18.6 Å². The molecule has 16 heavy (non-hydrogen) atoms. The molecule has 0 saturated heterocycles. The molecule has 0 amide bonds. The topological polar surface area (TPSA) is 38.3 Å². The van der Waals surface area contributed by atoms with Crippen molar-refractivity contribution in [3.63, 3.8) is 0 Å². The van der Waals surface area contributed by atoms with Gasteiger partial charge in [0.15, 0.2) is 0 Å². The van der Waals surface area contributed by atoms with Crippen molar-refractivity contribution < 1.29 is 9.53 Å². The Morgan fingerprint density at radius 3 is 2.81 bits per heavy atom. The van der Waals surface area contributed by atoms with Gasteiger partial charge in [-0.1, -0.05) is 26.8 Å². The first-order chi connectivity index (χ1) is 7.63. The van der Waals surface area contributed by atoms with Gasteiger partial charge in [-0.3, -0.25) is 4.79 Å². The average molecular weight is 221 g/mol. The lowest BCUT2D eigenvalue weighted by atomic mass is 10.2. The zero-order chi connectivity index (χ0) is 12.0. The van der Waals surface area contributed by atoms with E-state index in [0.717, 1.165) is 18.7 Å². The Labute approximate surface area is 96.8 Å². The van der Waals surface area contributed by atoms with Crippen LogP contribution in [0.5, 0.6) is 5.75 Å². The number of hydrogen-bond donors (Lipinski definition) is 1. The first kappa shape index (κ1) is 12.6. The second-order valence-electron chi connectivity index (χ2n) is 4.03. The Morgan fingerprint density at radius 2 is 2.19 bits per heavy atom. The second-order valence-corrected chi connectivity index (χ2v) is 4.03.